The van der Waals surface area contributed by atoms with Gasteiger partial charge in [0.15, 0.2) is 0 Å². The van der Waals surface area contributed by atoms with Crippen LogP contribution in [0.3, 0.4) is 0 Å². The molecule has 2 N–H and O–H groups in total. The number of rotatable bonds is 5. The van der Waals surface area contributed by atoms with E-state index in [9.17, 15) is 9.59 Å². The number of amides is 2. The number of hydrogen-bond donors (Lipinski definition) is 2. The minimum Gasteiger partial charge on any atom is -0.348 e. The van der Waals surface area contributed by atoms with Crippen LogP contribution in [0.4, 0.5) is 0 Å². The lowest BCUT2D eigenvalue weighted by Crippen LogP contribution is -2.54. The van der Waals surface area contributed by atoms with Crippen LogP contribution in [0.15, 0.2) is 24.3 Å². The van der Waals surface area contributed by atoms with E-state index in [0.29, 0.717) is 5.02 Å². The van der Waals surface area contributed by atoms with Gasteiger partial charge in [0.2, 0.25) is 11.8 Å². The van der Waals surface area contributed by atoms with Crippen LogP contribution in [-0.2, 0) is 9.59 Å². The largest absolute Gasteiger partial charge is 0.348 e. The molecule has 0 spiro atoms. The molecule has 1 atom stereocenters. The van der Waals surface area contributed by atoms with Crippen molar-refractivity contribution in [3.8, 4) is 0 Å². The van der Waals surface area contributed by atoms with Gasteiger partial charge >= 0.3 is 0 Å². The average Bonchev–Trinajstić information content (AvgIpc) is 2.58. The number of benzene rings is 1. The summed E-state index contributed by atoms with van der Waals surface area (Å²) in [7, 11) is 0. The maximum atomic E-state index is 12.9. The molecule has 0 aliphatic heterocycles. The summed E-state index contributed by atoms with van der Waals surface area (Å²) in [6.45, 7) is 1.97. The molecule has 4 aliphatic rings. The fourth-order valence-electron chi connectivity index (χ4n) is 5.89. The van der Waals surface area contributed by atoms with Crippen LogP contribution >= 0.6 is 11.6 Å². The van der Waals surface area contributed by atoms with Crippen molar-refractivity contribution in [1.29, 1.82) is 0 Å². The Morgan fingerprint density at radius 3 is 2.35 bits per heavy atom. The Kier molecular flexibility index (Phi) is 4.72. The Labute approximate surface area is 160 Å². The SMILES string of the molecule is CC(NC(=O)CNC(=O)C12CC3CC(CC(C3)C1)C2)c1cccc(Cl)c1. The third-order valence-electron chi connectivity index (χ3n) is 6.66. The Bertz CT molecular complexity index is 682. The second-order valence-electron chi connectivity index (χ2n) is 8.72. The molecule has 0 saturated heterocycles. The minimum absolute atomic E-state index is 0.0471. The first-order valence-electron chi connectivity index (χ1n) is 9.77. The summed E-state index contributed by atoms with van der Waals surface area (Å²) in [4.78, 5) is 25.2. The summed E-state index contributed by atoms with van der Waals surface area (Å²) in [6, 6.07) is 7.32. The molecular weight excluding hydrogens is 348 g/mol. The van der Waals surface area contributed by atoms with Crippen molar-refractivity contribution < 1.29 is 9.59 Å². The second-order valence-corrected chi connectivity index (χ2v) is 9.16. The second kappa shape index (κ2) is 6.88. The van der Waals surface area contributed by atoms with E-state index in [1.807, 2.05) is 31.2 Å². The normalized spacial score (nSPS) is 32.9. The third kappa shape index (κ3) is 3.48. The summed E-state index contributed by atoms with van der Waals surface area (Å²) < 4.78 is 0. The first kappa shape index (κ1) is 17.8. The molecule has 0 heterocycles. The third-order valence-corrected chi connectivity index (χ3v) is 6.89. The molecular formula is C21H27ClN2O2. The molecule has 140 valence electrons. The Morgan fingerprint density at radius 1 is 1.15 bits per heavy atom. The van der Waals surface area contributed by atoms with Crippen LogP contribution in [0.1, 0.15) is 57.1 Å². The number of hydrogen-bond acceptors (Lipinski definition) is 2. The molecule has 5 heteroatoms. The minimum atomic E-state index is -0.201. The van der Waals surface area contributed by atoms with Crippen LogP contribution in [0.5, 0.6) is 0 Å². The van der Waals surface area contributed by atoms with Crippen molar-refractivity contribution in [1.82, 2.24) is 10.6 Å². The van der Waals surface area contributed by atoms with Gasteiger partial charge in [-0.1, -0.05) is 23.7 Å². The number of carbonyl (C=O) groups excluding carboxylic acids is 2. The lowest BCUT2D eigenvalue weighted by Gasteiger charge is -2.55. The van der Waals surface area contributed by atoms with E-state index in [2.05, 4.69) is 10.6 Å². The van der Waals surface area contributed by atoms with E-state index < -0.39 is 0 Å². The maximum absolute atomic E-state index is 12.9. The predicted octanol–water partition coefficient (Wildman–Crippen LogP) is 3.85. The van der Waals surface area contributed by atoms with Crippen molar-refractivity contribution >= 4 is 23.4 Å². The van der Waals surface area contributed by atoms with Gasteiger partial charge in [-0.3, -0.25) is 9.59 Å². The van der Waals surface area contributed by atoms with Crippen LogP contribution in [0.25, 0.3) is 0 Å². The first-order valence-corrected chi connectivity index (χ1v) is 10.1. The molecule has 0 radical (unpaired) electrons. The van der Waals surface area contributed by atoms with Crippen LogP contribution < -0.4 is 10.6 Å². The zero-order chi connectivity index (χ0) is 18.3. The highest BCUT2D eigenvalue weighted by molar-refractivity contribution is 6.30. The van der Waals surface area contributed by atoms with Gasteiger partial charge in [0.1, 0.15) is 0 Å². The quantitative estimate of drug-likeness (QED) is 0.822. The standard InChI is InChI=1S/C21H27ClN2O2/c1-13(17-3-2-4-18(22)8-17)24-19(25)12-23-20(26)21-9-14-5-15(10-21)7-16(6-14)11-21/h2-4,8,13-16H,5-7,9-12H2,1H3,(H,23,26)(H,24,25). The topological polar surface area (TPSA) is 58.2 Å². The van der Waals surface area contributed by atoms with Crippen molar-refractivity contribution in [3.05, 3.63) is 34.9 Å². The molecule has 1 unspecified atom stereocenters. The van der Waals surface area contributed by atoms with Gasteiger partial charge in [-0.05, 0) is 80.9 Å². The Hall–Kier alpha value is -1.55. The number of halogens is 1. The maximum Gasteiger partial charge on any atom is 0.239 e. The van der Waals surface area contributed by atoms with Gasteiger partial charge in [0.25, 0.3) is 0 Å². The van der Waals surface area contributed by atoms with Gasteiger partial charge < -0.3 is 10.6 Å². The van der Waals surface area contributed by atoms with Gasteiger partial charge in [0.05, 0.1) is 12.6 Å². The molecule has 2 amide bonds. The molecule has 4 aliphatic carbocycles. The Balaban J connectivity index is 1.31. The molecule has 4 saturated carbocycles. The molecule has 1 aromatic rings. The number of nitrogens with one attached hydrogen (secondary N) is 2. The monoisotopic (exact) mass is 374 g/mol. The van der Waals surface area contributed by atoms with E-state index in [4.69, 9.17) is 11.6 Å². The molecule has 4 nitrogen and oxygen atoms in total. The summed E-state index contributed by atoms with van der Waals surface area (Å²) in [5.41, 5.74) is 0.756. The van der Waals surface area contributed by atoms with Crippen molar-refractivity contribution in [2.75, 3.05) is 6.54 Å². The van der Waals surface area contributed by atoms with Crippen molar-refractivity contribution in [2.24, 2.45) is 23.2 Å². The van der Waals surface area contributed by atoms with Gasteiger partial charge in [-0.2, -0.15) is 0 Å². The van der Waals surface area contributed by atoms with Gasteiger partial charge in [0, 0.05) is 10.4 Å². The molecule has 26 heavy (non-hydrogen) atoms. The molecule has 4 fully saturated rings. The number of carbonyl (C=O) groups is 2. The molecule has 4 bridgehead atoms. The molecule has 0 aromatic heterocycles. The summed E-state index contributed by atoms with van der Waals surface area (Å²) >= 11 is 6.01. The highest BCUT2D eigenvalue weighted by atomic mass is 35.5. The zero-order valence-corrected chi connectivity index (χ0v) is 16.0. The van der Waals surface area contributed by atoms with Crippen molar-refractivity contribution in [2.45, 2.75) is 51.5 Å². The fraction of sp³-hybridized carbons (Fsp3) is 0.619. The highest BCUT2D eigenvalue weighted by Crippen LogP contribution is 2.60. The lowest BCUT2D eigenvalue weighted by atomic mass is 9.49. The van der Waals surface area contributed by atoms with E-state index >= 15 is 0 Å². The predicted molar refractivity (Wildman–Crippen MR) is 102 cm³/mol. The molecule has 1 aromatic carbocycles. The fourth-order valence-corrected chi connectivity index (χ4v) is 6.09. The van der Waals surface area contributed by atoms with E-state index in [-0.39, 0.29) is 29.8 Å². The Morgan fingerprint density at radius 2 is 1.77 bits per heavy atom. The van der Waals surface area contributed by atoms with E-state index in [0.717, 1.165) is 42.6 Å². The van der Waals surface area contributed by atoms with E-state index in [1.165, 1.54) is 19.3 Å². The average molecular weight is 375 g/mol. The van der Waals surface area contributed by atoms with Crippen LogP contribution in [-0.4, -0.2) is 18.4 Å². The van der Waals surface area contributed by atoms with Gasteiger partial charge in [-0.15, -0.1) is 0 Å². The van der Waals surface area contributed by atoms with Crippen LogP contribution in [0, 0.1) is 23.2 Å². The molecule has 5 rings (SSSR count). The summed E-state index contributed by atoms with van der Waals surface area (Å²) in [5, 5.41) is 6.52. The van der Waals surface area contributed by atoms with Crippen molar-refractivity contribution in [3.63, 3.8) is 0 Å². The first-order chi connectivity index (χ1) is 12.4. The van der Waals surface area contributed by atoms with Crippen LogP contribution in [0.2, 0.25) is 5.02 Å². The summed E-state index contributed by atoms with van der Waals surface area (Å²) in [5.74, 6) is 2.12. The zero-order valence-electron chi connectivity index (χ0n) is 15.3. The smallest absolute Gasteiger partial charge is 0.239 e. The van der Waals surface area contributed by atoms with E-state index in [1.54, 1.807) is 0 Å². The van der Waals surface area contributed by atoms with Gasteiger partial charge in [-0.25, -0.2) is 0 Å². The summed E-state index contributed by atoms with van der Waals surface area (Å²) in [6.07, 6.45) is 6.99. The highest BCUT2D eigenvalue weighted by Gasteiger charge is 2.54. The lowest BCUT2D eigenvalue weighted by molar-refractivity contribution is -0.147.